The van der Waals surface area contributed by atoms with Gasteiger partial charge in [0.25, 0.3) is 10.4 Å². The van der Waals surface area contributed by atoms with E-state index in [1.165, 1.54) is 80.5 Å². The molecule has 2 aromatic carbocycles. The zero-order valence-electron chi connectivity index (χ0n) is 20.7. The third-order valence-electron chi connectivity index (χ3n) is 5.09. The van der Waals surface area contributed by atoms with Gasteiger partial charge in [-0.2, -0.15) is 0 Å². The maximum Gasteiger partial charge on any atom is 0.294 e. The Balaban J connectivity index is 0.000000158. The first-order valence-corrected chi connectivity index (χ1v) is 13.3. The second-order valence-electron chi connectivity index (χ2n) is 8.24. The van der Waals surface area contributed by atoms with Gasteiger partial charge in [-0.05, 0) is 67.7 Å². The smallest absolute Gasteiger partial charge is 0.294 e. The minimum atomic E-state index is -0.644. The Morgan fingerprint density at radius 3 is 1.59 bits per heavy atom. The van der Waals surface area contributed by atoms with Crippen LogP contribution in [0.25, 0.3) is 32.4 Å². The first kappa shape index (κ1) is 26.6. The topological polar surface area (TPSA) is 78.8 Å². The first-order chi connectivity index (χ1) is 18.7. The molecule has 0 N–H and O–H groups in total. The van der Waals surface area contributed by atoms with Crippen molar-refractivity contribution in [3.8, 4) is 32.9 Å². The molecule has 0 radical (unpaired) electrons. The number of hydrogen-bond acceptors (Lipinski definition) is 8. The summed E-state index contributed by atoms with van der Waals surface area (Å²) in [6, 6.07) is 7.44. The number of fused-ring (bicyclic) bond motifs is 2. The van der Waals surface area contributed by atoms with Crippen LogP contribution in [0, 0.1) is 23.3 Å². The van der Waals surface area contributed by atoms with E-state index in [1.807, 2.05) is 20.8 Å². The summed E-state index contributed by atoms with van der Waals surface area (Å²) in [5.74, 6) is -2.57. The molecule has 0 aliphatic heterocycles. The molecule has 0 spiro atoms. The molecule has 0 saturated heterocycles. The van der Waals surface area contributed by atoms with Gasteiger partial charge in [-0.3, -0.25) is 0 Å². The van der Waals surface area contributed by atoms with Gasteiger partial charge in [0.1, 0.15) is 23.3 Å². The summed E-state index contributed by atoms with van der Waals surface area (Å²) in [7, 11) is 0. The first-order valence-electron chi connectivity index (χ1n) is 11.6. The number of ether oxygens (including phenoxy) is 2. The normalized spacial score (nSPS) is 11.3. The lowest BCUT2D eigenvalue weighted by atomic mass is 10.1. The Hall–Kier alpha value is -4.04. The summed E-state index contributed by atoms with van der Waals surface area (Å²) in [5, 5.41) is 9.23. The molecule has 0 aliphatic carbocycles. The summed E-state index contributed by atoms with van der Waals surface area (Å²) >= 11 is 2.45. The highest BCUT2D eigenvalue weighted by atomic mass is 32.1. The number of nitrogens with zero attached hydrogens (tertiary/aromatic N) is 6. The Kier molecular flexibility index (Phi) is 7.48. The monoisotopic (exact) mass is 576 g/mol. The molecule has 39 heavy (non-hydrogen) atoms. The molecular formula is C25H20F4N6O2S2. The van der Waals surface area contributed by atoms with E-state index in [2.05, 4.69) is 20.2 Å². The molecular weight excluding hydrogens is 556 g/mol. The van der Waals surface area contributed by atoms with Gasteiger partial charge in [0.05, 0.1) is 47.6 Å². The number of halogens is 4. The summed E-state index contributed by atoms with van der Waals surface area (Å²) in [4.78, 5) is 9.41. The van der Waals surface area contributed by atoms with Crippen molar-refractivity contribution in [1.82, 2.24) is 29.2 Å². The molecule has 4 heterocycles. The summed E-state index contributed by atoms with van der Waals surface area (Å²) < 4.78 is 68.3. The second-order valence-corrected chi connectivity index (χ2v) is 10.1. The number of hydrogen-bond donors (Lipinski definition) is 0. The Morgan fingerprint density at radius 2 is 1.18 bits per heavy atom. The fraction of sp³-hybridized carbons (Fsp3) is 0.200. The van der Waals surface area contributed by atoms with Crippen LogP contribution in [0.5, 0.6) is 10.4 Å². The highest BCUT2D eigenvalue weighted by Crippen LogP contribution is 2.30. The van der Waals surface area contributed by atoms with Crippen molar-refractivity contribution in [3.63, 3.8) is 0 Å². The van der Waals surface area contributed by atoms with E-state index in [9.17, 15) is 17.6 Å². The Morgan fingerprint density at radius 1 is 0.744 bits per heavy atom. The average molecular weight is 577 g/mol. The fourth-order valence-corrected chi connectivity index (χ4v) is 5.17. The van der Waals surface area contributed by atoms with Crippen LogP contribution in [-0.4, -0.2) is 41.9 Å². The van der Waals surface area contributed by atoms with Gasteiger partial charge in [0, 0.05) is 0 Å². The van der Waals surface area contributed by atoms with Crippen molar-refractivity contribution in [2.24, 2.45) is 0 Å². The van der Waals surface area contributed by atoms with Crippen LogP contribution in [0.3, 0.4) is 0 Å². The summed E-state index contributed by atoms with van der Waals surface area (Å²) in [6.07, 6.45) is 2.98. The molecule has 14 heteroatoms. The third-order valence-corrected chi connectivity index (χ3v) is 6.74. The number of rotatable bonds is 6. The quantitative estimate of drug-likeness (QED) is 0.207. The SMILES string of the molecule is CC(C)Oc1nn2cc(-c3c(F)cccc3F)nc2s1.CCOc1nn2cc(-c3c(F)cccc3F)nc2s1. The van der Waals surface area contributed by atoms with Crippen molar-refractivity contribution in [3.05, 3.63) is 72.1 Å². The van der Waals surface area contributed by atoms with Crippen LogP contribution < -0.4 is 9.47 Å². The van der Waals surface area contributed by atoms with E-state index in [4.69, 9.17) is 9.47 Å². The van der Waals surface area contributed by atoms with Crippen LogP contribution >= 0.6 is 22.7 Å². The van der Waals surface area contributed by atoms with Crippen molar-refractivity contribution in [1.29, 1.82) is 0 Å². The van der Waals surface area contributed by atoms with Crippen LogP contribution in [0.2, 0.25) is 0 Å². The van der Waals surface area contributed by atoms with Crippen molar-refractivity contribution < 1.29 is 27.0 Å². The van der Waals surface area contributed by atoms with E-state index in [0.717, 1.165) is 0 Å². The molecule has 4 aromatic heterocycles. The highest BCUT2D eigenvalue weighted by molar-refractivity contribution is 7.18. The number of imidazole rings is 2. The molecule has 6 rings (SSSR count). The van der Waals surface area contributed by atoms with Gasteiger partial charge < -0.3 is 9.47 Å². The molecule has 0 aliphatic rings. The number of benzene rings is 2. The molecule has 0 fully saturated rings. The minimum Gasteiger partial charge on any atom is -0.469 e. The maximum absolute atomic E-state index is 13.7. The van der Waals surface area contributed by atoms with Gasteiger partial charge in [-0.1, -0.05) is 12.1 Å². The Labute approximate surface area is 227 Å². The standard InChI is InChI=1S/C13H11F2N3OS.C12H9F2N3OS/c1-7(2)19-13-17-18-6-10(16-12(18)20-13)11-8(14)4-3-5-9(11)15;1-2-18-12-16-17-6-9(15-11(17)19-12)10-7(13)4-3-5-8(10)14/h3-7H,1-2H3;3-6H,2H2,1H3. The molecule has 0 saturated carbocycles. The predicted octanol–water partition coefficient (Wildman–Crippen LogP) is 6.66. The van der Waals surface area contributed by atoms with Crippen molar-refractivity contribution in [2.75, 3.05) is 6.61 Å². The van der Waals surface area contributed by atoms with Gasteiger partial charge in [-0.15, -0.1) is 10.2 Å². The molecule has 0 bridgehead atoms. The van der Waals surface area contributed by atoms with E-state index in [1.54, 1.807) is 0 Å². The van der Waals surface area contributed by atoms with Crippen LogP contribution in [0.1, 0.15) is 20.8 Å². The van der Waals surface area contributed by atoms with Crippen LogP contribution in [0.4, 0.5) is 17.6 Å². The summed E-state index contributed by atoms with van der Waals surface area (Å²) in [6.45, 7) is 6.14. The van der Waals surface area contributed by atoms with Gasteiger partial charge >= 0.3 is 0 Å². The summed E-state index contributed by atoms with van der Waals surface area (Å²) in [5.41, 5.74) is 0.155. The van der Waals surface area contributed by atoms with Gasteiger partial charge in [0.2, 0.25) is 9.92 Å². The average Bonchev–Trinajstić information content (AvgIpc) is 3.59. The van der Waals surface area contributed by atoms with Crippen molar-refractivity contribution >= 4 is 32.6 Å². The second kappa shape index (κ2) is 11.0. The molecule has 202 valence electrons. The van der Waals surface area contributed by atoms with E-state index < -0.39 is 23.3 Å². The van der Waals surface area contributed by atoms with Crippen LogP contribution in [-0.2, 0) is 0 Å². The van der Waals surface area contributed by atoms with Gasteiger partial charge in [-0.25, -0.2) is 36.6 Å². The molecule has 6 aromatic rings. The zero-order chi connectivity index (χ0) is 27.7. The predicted molar refractivity (Wildman–Crippen MR) is 139 cm³/mol. The van der Waals surface area contributed by atoms with E-state index in [0.29, 0.717) is 26.9 Å². The lowest BCUT2D eigenvalue weighted by molar-refractivity contribution is 0.238. The van der Waals surface area contributed by atoms with E-state index >= 15 is 0 Å². The zero-order valence-corrected chi connectivity index (χ0v) is 22.4. The van der Waals surface area contributed by atoms with Crippen molar-refractivity contribution in [2.45, 2.75) is 26.9 Å². The molecule has 0 unspecified atom stereocenters. The molecule has 0 atom stereocenters. The Bertz CT molecular complexity index is 1660. The van der Waals surface area contributed by atoms with E-state index in [-0.39, 0.29) is 28.6 Å². The van der Waals surface area contributed by atoms with Gasteiger partial charge in [0.15, 0.2) is 0 Å². The number of aromatic nitrogens is 6. The molecule has 8 nitrogen and oxygen atoms in total. The lowest BCUT2D eigenvalue weighted by Gasteiger charge is -2.03. The fourth-order valence-electron chi connectivity index (χ4n) is 3.52. The third kappa shape index (κ3) is 5.56. The maximum atomic E-state index is 13.7. The molecule has 0 amide bonds. The highest BCUT2D eigenvalue weighted by Gasteiger charge is 2.18. The van der Waals surface area contributed by atoms with Crippen LogP contribution in [0.15, 0.2) is 48.8 Å². The minimum absolute atomic E-state index is 0.00865. The largest absolute Gasteiger partial charge is 0.469 e. The lowest BCUT2D eigenvalue weighted by Crippen LogP contribution is -2.05.